The minimum absolute atomic E-state index is 0.0237. The summed E-state index contributed by atoms with van der Waals surface area (Å²) in [5.41, 5.74) is 0.746. The van der Waals surface area contributed by atoms with Gasteiger partial charge >= 0.3 is 6.18 Å². The number of benzene rings is 2. The highest BCUT2D eigenvalue weighted by Crippen LogP contribution is 2.32. The lowest BCUT2D eigenvalue weighted by molar-refractivity contribution is -0.137. The van der Waals surface area contributed by atoms with E-state index >= 15 is 0 Å². The molecule has 0 saturated heterocycles. The van der Waals surface area contributed by atoms with Gasteiger partial charge in [-0.15, -0.1) is 0 Å². The summed E-state index contributed by atoms with van der Waals surface area (Å²) in [6.45, 7) is 8.19. The van der Waals surface area contributed by atoms with Crippen LogP contribution in [0.3, 0.4) is 0 Å². The van der Waals surface area contributed by atoms with Crippen LogP contribution in [-0.4, -0.2) is 56.6 Å². The average Bonchev–Trinajstić information content (AvgIpc) is 3.57. The van der Waals surface area contributed by atoms with E-state index in [1.807, 2.05) is 19.0 Å². The molecule has 2 aromatic carbocycles. The second-order valence-corrected chi connectivity index (χ2v) is 11.3. The fourth-order valence-electron chi connectivity index (χ4n) is 5.78. The van der Waals surface area contributed by atoms with Crippen LogP contribution in [0, 0.1) is 6.57 Å². The molecule has 1 amide bonds. The molecule has 0 aliphatic heterocycles. The molecular weight excluding hydrogens is 571 g/mol. The molecule has 0 unspecified atom stereocenters. The Bertz CT molecular complexity index is 1770. The molecule has 2 aromatic heterocycles. The summed E-state index contributed by atoms with van der Waals surface area (Å²) in [6.07, 6.45) is 2.11. The third-order valence-corrected chi connectivity index (χ3v) is 7.99. The number of aromatic nitrogens is 4. The molecule has 1 aliphatic carbocycles. The molecule has 0 atom stereocenters. The minimum Gasteiger partial charge on any atom is -0.349 e. The van der Waals surface area contributed by atoms with Gasteiger partial charge in [0.15, 0.2) is 5.69 Å². The number of halogens is 3. The normalized spacial score (nSPS) is 14.1. The number of amides is 1. The van der Waals surface area contributed by atoms with Crippen LogP contribution in [0.5, 0.6) is 0 Å². The number of carbonyl (C=O) groups excluding carboxylic acids is 1. The quantitative estimate of drug-likeness (QED) is 0.259. The van der Waals surface area contributed by atoms with Crippen molar-refractivity contribution in [1.29, 1.82) is 0 Å². The van der Waals surface area contributed by atoms with E-state index in [0.29, 0.717) is 30.0 Å². The van der Waals surface area contributed by atoms with Crippen molar-refractivity contribution in [3.05, 3.63) is 93.2 Å². The van der Waals surface area contributed by atoms with Gasteiger partial charge in [0.05, 0.1) is 35.4 Å². The highest BCUT2D eigenvalue weighted by Gasteiger charge is 2.33. The summed E-state index contributed by atoms with van der Waals surface area (Å²) in [4.78, 5) is 33.5. The molecule has 230 valence electrons. The Hall–Kier alpha value is -4.63. The number of likely N-dealkylation sites (N-methyl/N-ethyl adjacent to an activating group) is 1. The first-order chi connectivity index (χ1) is 21.0. The number of alkyl halides is 3. The number of hydrogen-bond acceptors (Lipinski definition) is 4. The van der Waals surface area contributed by atoms with Crippen molar-refractivity contribution in [2.45, 2.75) is 50.7 Å². The van der Waals surface area contributed by atoms with Crippen molar-refractivity contribution in [3.8, 4) is 22.8 Å². The molecule has 1 aliphatic rings. The van der Waals surface area contributed by atoms with Gasteiger partial charge < -0.3 is 10.2 Å². The molecule has 12 heteroatoms. The topological polar surface area (TPSA) is 81.5 Å². The highest BCUT2D eigenvalue weighted by molar-refractivity contribution is 6.00. The second-order valence-electron chi connectivity index (χ2n) is 11.3. The van der Waals surface area contributed by atoms with Gasteiger partial charge in [-0.25, -0.2) is 14.2 Å². The molecule has 2 heterocycles. The standard InChI is InChI=1S/C32H34F3N7O2/c1-36-24-13-14-26(21(19-24)16-18-39(2)3)41-27(15-17-37-41)29-28(30(43)38-23-10-6-5-7-11-23)31(44)42(40(29)4)25-12-8-9-22(20-25)32(33,34)35/h8-9,12-15,17,19-20,23H,5-7,10-11,16,18H2,2-4H3,(H,38,43). The first-order valence-corrected chi connectivity index (χ1v) is 14.5. The first kappa shape index (κ1) is 30.8. The maximum atomic E-state index is 14.1. The summed E-state index contributed by atoms with van der Waals surface area (Å²) in [7, 11) is 5.43. The fourth-order valence-corrected chi connectivity index (χ4v) is 5.78. The van der Waals surface area contributed by atoms with E-state index in [1.165, 1.54) is 16.8 Å². The van der Waals surface area contributed by atoms with Crippen molar-refractivity contribution >= 4 is 11.6 Å². The molecule has 44 heavy (non-hydrogen) atoms. The number of nitrogens with zero attached hydrogens (tertiary/aromatic N) is 6. The van der Waals surface area contributed by atoms with E-state index in [4.69, 9.17) is 6.57 Å². The summed E-state index contributed by atoms with van der Waals surface area (Å²) in [6, 6.07) is 11.3. The Balaban J connectivity index is 1.71. The Morgan fingerprint density at radius 1 is 1.11 bits per heavy atom. The molecular formula is C32H34F3N7O2. The van der Waals surface area contributed by atoms with Gasteiger partial charge in [0.25, 0.3) is 11.5 Å². The van der Waals surface area contributed by atoms with Crippen LogP contribution in [0.4, 0.5) is 18.9 Å². The lowest BCUT2D eigenvalue weighted by atomic mass is 9.95. The van der Waals surface area contributed by atoms with Crippen LogP contribution in [0.25, 0.3) is 27.6 Å². The largest absolute Gasteiger partial charge is 0.416 e. The van der Waals surface area contributed by atoms with E-state index in [0.717, 1.165) is 54.5 Å². The van der Waals surface area contributed by atoms with Crippen molar-refractivity contribution in [2.75, 3.05) is 20.6 Å². The maximum Gasteiger partial charge on any atom is 0.416 e. The van der Waals surface area contributed by atoms with Crippen molar-refractivity contribution in [2.24, 2.45) is 7.05 Å². The molecule has 5 rings (SSSR count). The highest BCUT2D eigenvalue weighted by atomic mass is 19.4. The van der Waals surface area contributed by atoms with Gasteiger partial charge in [0, 0.05) is 19.6 Å². The van der Waals surface area contributed by atoms with E-state index < -0.39 is 23.2 Å². The first-order valence-electron chi connectivity index (χ1n) is 14.5. The lowest BCUT2D eigenvalue weighted by Crippen LogP contribution is -2.38. The minimum atomic E-state index is -4.62. The predicted molar refractivity (Wildman–Crippen MR) is 161 cm³/mol. The molecule has 1 fully saturated rings. The zero-order valence-electron chi connectivity index (χ0n) is 24.9. The zero-order chi connectivity index (χ0) is 31.6. The molecule has 0 radical (unpaired) electrons. The molecule has 9 nitrogen and oxygen atoms in total. The molecule has 0 bridgehead atoms. The van der Waals surface area contributed by atoms with Gasteiger partial charge in [-0.3, -0.25) is 14.3 Å². The predicted octanol–water partition coefficient (Wildman–Crippen LogP) is 5.76. The monoisotopic (exact) mass is 605 g/mol. The van der Waals surface area contributed by atoms with Gasteiger partial charge in [-0.2, -0.15) is 18.3 Å². The Morgan fingerprint density at radius 2 is 1.86 bits per heavy atom. The average molecular weight is 606 g/mol. The van der Waals surface area contributed by atoms with Crippen molar-refractivity contribution in [1.82, 2.24) is 29.4 Å². The number of rotatable bonds is 8. The van der Waals surface area contributed by atoms with Crippen molar-refractivity contribution in [3.63, 3.8) is 0 Å². The van der Waals surface area contributed by atoms with Gasteiger partial charge in [0.2, 0.25) is 0 Å². The summed E-state index contributed by atoms with van der Waals surface area (Å²) < 4.78 is 45.0. The Kier molecular flexibility index (Phi) is 8.78. The third-order valence-electron chi connectivity index (χ3n) is 7.99. The second kappa shape index (κ2) is 12.5. The van der Waals surface area contributed by atoms with Gasteiger partial charge in [-0.05, 0) is 69.3 Å². The van der Waals surface area contributed by atoms with Crippen LogP contribution >= 0.6 is 0 Å². The van der Waals surface area contributed by atoms with Crippen LogP contribution < -0.4 is 10.9 Å². The van der Waals surface area contributed by atoms with E-state index in [2.05, 4.69) is 15.3 Å². The summed E-state index contributed by atoms with van der Waals surface area (Å²) >= 11 is 0. The SMILES string of the molecule is [C-]#[N+]c1ccc(-n2nccc2-c2c(C(=O)NC3CCCCC3)c(=O)n(-c3cccc(C(F)(F)F)c3)n2C)c(CCN(C)C)c1. The number of nitrogens with one attached hydrogen (secondary N) is 1. The van der Waals surface area contributed by atoms with E-state index in [1.54, 1.807) is 42.2 Å². The van der Waals surface area contributed by atoms with Crippen LogP contribution in [0.15, 0.2) is 59.5 Å². The van der Waals surface area contributed by atoms with E-state index in [-0.39, 0.29) is 23.0 Å². The molecule has 1 N–H and O–H groups in total. The van der Waals surface area contributed by atoms with Crippen molar-refractivity contribution < 1.29 is 18.0 Å². The van der Waals surface area contributed by atoms with E-state index in [9.17, 15) is 22.8 Å². The van der Waals surface area contributed by atoms with Crippen LogP contribution in [0.2, 0.25) is 0 Å². The molecule has 1 saturated carbocycles. The fraction of sp³-hybridized carbons (Fsp3) is 0.375. The summed E-state index contributed by atoms with van der Waals surface area (Å²) in [5.74, 6) is -0.581. The molecule has 0 spiro atoms. The smallest absolute Gasteiger partial charge is 0.349 e. The van der Waals surface area contributed by atoms with Gasteiger partial charge in [0.1, 0.15) is 11.3 Å². The number of carbonyl (C=O) groups is 1. The maximum absolute atomic E-state index is 14.1. The summed E-state index contributed by atoms with van der Waals surface area (Å²) in [5, 5.41) is 7.55. The Labute approximate surface area is 253 Å². The number of hydrogen-bond donors (Lipinski definition) is 1. The van der Waals surface area contributed by atoms with Crippen LogP contribution in [-0.2, 0) is 19.6 Å². The van der Waals surface area contributed by atoms with Crippen LogP contribution in [0.1, 0.15) is 53.6 Å². The lowest BCUT2D eigenvalue weighted by Gasteiger charge is -2.22. The molecule has 4 aromatic rings. The third kappa shape index (κ3) is 6.19. The zero-order valence-corrected chi connectivity index (χ0v) is 24.9. The van der Waals surface area contributed by atoms with Gasteiger partial charge in [-0.1, -0.05) is 37.5 Å². The Morgan fingerprint density at radius 3 is 2.55 bits per heavy atom.